The van der Waals surface area contributed by atoms with E-state index in [1.165, 1.54) is 0 Å². The van der Waals surface area contributed by atoms with Gasteiger partial charge in [-0.2, -0.15) is 0 Å². The Morgan fingerprint density at radius 2 is 2.03 bits per heavy atom. The van der Waals surface area contributed by atoms with Gasteiger partial charge in [0.15, 0.2) is 5.65 Å². The van der Waals surface area contributed by atoms with E-state index in [1.54, 1.807) is 17.1 Å². The number of nitrogens with two attached hydrogens (primary N) is 1. The Morgan fingerprint density at radius 3 is 2.90 bits per heavy atom. The van der Waals surface area contributed by atoms with Crippen molar-refractivity contribution >= 4 is 52.8 Å². The van der Waals surface area contributed by atoms with E-state index in [9.17, 15) is 0 Å². The van der Waals surface area contributed by atoms with Crippen LogP contribution < -0.4 is 10.6 Å². The van der Waals surface area contributed by atoms with Crippen molar-refractivity contribution in [2.24, 2.45) is 5.73 Å². The van der Waals surface area contributed by atoms with E-state index in [2.05, 4.69) is 43.4 Å². The summed E-state index contributed by atoms with van der Waals surface area (Å²) in [5.74, 6) is 0.837. The fourth-order valence-electron chi connectivity index (χ4n) is 3.62. The number of anilines is 1. The second-order valence-corrected chi connectivity index (χ2v) is 7.00. The molecule has 1 saturated heterocycles. The lowest BCUT2D eigenvalue weighted by molar-refractivity contribution is 0.503. The van der Waals surface area contributed by atoms with Crippen molar-refractivity contribution in [2.45, 2.75) is 25.4 Å². The largest absolute Gasteiger partial charge is 0.354 e. The number of hydrogen-bond acceptors (Lipinski definition) is 7. The first-order chi connectivity index (χ1) is 13.3. The Hall–Kier alpha value is -2.55. The summed E-state index contributed by atoms with van der Waals surface area (Å²) < 4.78 is 1.80. The quantitative estimate of drug-likeness (QED) is 0.530. The summed E-state index contributed by atoms with van der Waals surface area (Å²) in [5, 5.41) is 9.52. The lowest BCUT2D eigenvalue weighted by Gasteiger charge is -2.31. The lowest BCUT2D eigenvalue weighted by Crippen LogP contribution is -2.43. The number of pyridine rings is 1. The zero-order valence-electron chi connectivity index (χ0n) is 15.7. The van der Waals surface area contributed by atoms with Crippen LogP contribution in [-0.2, 0) is 6.54 Å². The van der Waals surface area contributed by atoms with E-state index in [0.717, 1.165) is 48.2 Å². The van der Waals surface area contributed by atoms with Gasteiger partial charge < -0.3 is 10.6 Å². The average Bonchev–Trinajstić information content (AvgIpc) is 3.10. The highest BCUT2D eigenvalue weighted by atomic mass is 35.5. The van der Waals surface area contributed by atoms with E-state index < -0.39 is 0 Å². The average molecular weight is 433 g/mol. The minimum absolute atomic E-state index is 0. The summed E-state index contributed by atoms with van der Waals surface area (Å²) in [6.07, 6.45) is 5.70. The summed E-state index contributed by atoms with van der Waals surface area (Å²) in [4.78, 5) is 15.8. The number of rotatable bonds is 3. The Balaban J connectivity index is 0.00000120. The van der Waals surface area contributed by atoms with E-state index in [-0.39, 0.29) is 30.9 Å². The van der Waals surface area contributed by atoms with Gasteiger partial charge in [-0.15, -0.1) is 29.9 Å². The molecular weight excluding hydrogens is 411 g/mol. The summed E-state index contributed by atoms with van der Waals surface area (Å²) in [6, 6.07) is 10.4. The first-order valence-corrected chi connectivity index (χ1v) is 9.17. The molecule has 1 atom stereocenters. The third-order valence-electron chi connectivity index (χ3n) is 5.00. The van der Waals surface area contributed by atoms with Gasteiger partial charge in [-0.3, -0.25) is 4.98 Å². The maximum absolute atomic E-state index is 6.11. The van der Waals surface area contributed by atoms with Crippen molar-refractivity contribution in [1.29, 1.82) is 0 Å². The molecule has 1 aromatic carbocycles. The van der Waals surface area contributed by atoms with Gasteiger partial charge in [0.1, 0.15) is 5.82 Å². The summed E-state index contributed by atoms with van der Waals surface area (Å²) in [7, 11) is 0. The van der Waals surface area contributed by atoms with Gasteiger partial charge in [0.05, 0.1) is 18.3 Å². The zero-order valence-corrected chi connectivity index (χ0v) is 17.3. The SMILES string of the molecule is Cl.Cl.N[C@@H]1CCCN(c2cnc3nnn(Cc4ccc5ncccc5c4)c3n2)C1. The van der Waals surface area contributed by atoms with Crippen LogP contribution in [0.25, 0.3) is 22.2 Å². The minimum atomic E-state index is 0. The zero-order chi connectivity index (χ0) is 18.2. The number of hydrogen-bond donors (Lipinski definition) is 1. The molecule has 1 fully saturated rings. The Labute approximate surface area is 180 Å². The molecule has 0 spiro atoms. The Kier molecular flexibility index (Phi) is 6.46. The third kappa shape index (κ3) is 4.24. The predicted molar refractivity (Wildman–Crippen MR) is 118 cm³/mol. The van der Waals surface area contributed by atoms with Gasteiger partial charge in [-0.25, -0.2) is 14.6 Å². The molecular formula is C19H22Cl2N8. The lowest BCUT2D eigenvalue weighted by atomic mass is 10.1. The van der Waals surface area contributed by atoms with Crippen LogP contribution in [0.2, 0.25) is 0 Å². The standard InChI is InChI=1S/C19H20N8.2ClH/c20-15-4-2-8-26(12-15)17-10-22-18-19(23-17)27(25-24-18)11-13-5-6-16-14(9-13)3-1-7-21-16;;/h1,3,5-7,9-10,15H,2,4,8,11-12,20H2;2*1H/t15-;;/m1../s1. The van der Waals surface area contributed by atoms with Crippen molar-refractivity contribution in [2.75, 3.05) is 18.0 Å². The smallest absolute Gasteiger partial charge is 0.221 e. The molecule has 3 aromatic heterocycles. The van der Waals surface area contributed by atoms with Gasteiger partial charge in [0.2, 0.25) is 5.65 Å². The Bertz CT molecular complexity index is 1120. The Morgan fingerprint density at radius 1 is 1.14 bits per heavy atom. The number of piperidine rings is 1. The van der Waals surface area contributed by atoms with E-state index in [0.29, 0.717) is 17.8 Å². The van der Waals surface area contributed by atoms with Gasteiger partial charge in [0, 0.05) is 30.7 Å². The van der Waals surface area contributed by atoms with E-state index in [1.807, 2.05) is 12.1 Å². The minimum Gasteiger partial charge on any atom is -0.354 e. The van der Waals surface area contributed by atoms with Crippen LogP contribution in [0, 0.1) is 0 Å². The molecule has 152 valence electrons. The number of benzene rings is 1. The molecule has 0 unspecified atom stereocenters. The van der Waals surface area contributed by atoms with Crippen molar-refractivity contribution in [3.05, 3.63) is 48.3 Å². The summed E-state index contributed by atoms with van der Waals surface area (Å²) in [5.41, 5.74) is 9.46. The fraction of sp³-hybridized carbons (Fsp3) is 0.316. The van der Waals surface area contributed by atoms with Crippen LogP contribution in [0.3, 0.4) is 0 Å². The number of fused-ring (bicyclic) bond motifs is 2. The monoisotopic (exact) mass is 432 g/mol. The first kappa shape index (κ1) is 21.2. The van der Waals surface area contributed by atoms with Crippen LogP contribution >= 0.6 is 24.8 Å². The van der Waals surface area contributed by atoms with Gasteiger partial charge in [-0.1, -0.05) is 17.3 Å². The van der Waals surface area contributed by atoms with Crippen molar-refractivity contribution in [3.63, 3.8) is 0 Å². The fourth-order valence-corrected chi connectivity index (χ4v) is 3.62. The molecule has 0 amide bonds. The third-order valence-corrected chi connectivity index (χ3v) is 5.00. The molecule has 1 aliphatic rings. The molecule has 8 nitrogen and oxygen atoms in total. The summed E-state index contributed by atoms with van der Waals surface area (Å²) in [6.45, 7) is 2.34. The maximum atomic E-state index is 6.11. The highest BCUT2D eigenvalue weighted by molar-refractivity contribution is 5.85. The number of aromatic nitrogens is 6. The number of nitrogens with zero attached hydrogens (tertiary/aromatic N) is 7. The molecule has 2 N–H and O–H groups in total. The highest BCUT2D eigenvalue weighted by Gasteiger charge is 2.19. The number of halogens is 2. The molecule has 0 aliphatic carbocycles. The van der Waals surface area contributed by atoms with Crippen molar-refractivity contribution in [3.8, 4) is 0 Å². The molecule has 4 heterocycles. The second-order valence-electron chi connectivity index (χ2n) is 7.00. The van der Waals surface area contributed by atoms with Crippen molar-refractivity contribution in [1.82, 2.24) is 29.9 Å². The van der Waals surface area contributed by atoms with E-state index >= 15 is 0 Å². The van der Waals surface area contributed by atoms with Gasteiger partial charge in [-0.05, 0) is 36.6 Å². The van der Waals surface area contributed by atoms with Crippen molar-refractivity contribution < 1.29 is 0 Å². The van der Waals surface area contributed by atoms with E-state index in [4.69, 9.17) is 10.7 Å². The molecule has 4 aromatic rings. The maximum Gasteiger partial charge on any atom is 0.221 e. The predicted octanol–water partition coefficient (Wildman–Crippen LogP) is 2.59. The normalized spacial score (nSPS) is 16.4. The first-order valence-electron chi connectivity index (χ1n) is 9.17. The van der Waals surface area contributed by atoms with Crippen LogP contribution in [0.15, 0.2) is 42.7 Å². The summed E-state index contributed by atoms with van der Waals surface area (Å²) >= 11 is 0. The van der Waals surface area contributed by atoms with Crippen LogP contribution in [0.4, 0.5) is 5.82 Å². The molecule has 0 radical (unpaired) electrons. The van der Waals surface area contributed by atoms with Gasteiger partial charge in [0.25, 0.3) is 0 Å². The molecule has 29 heavy (non-hydrogen) atoms. The molecule has 0 saturated carbocycles. The molecule has 10 heteroatoms. The van der Waals surface area contributed by atoms with Crippen LogP contribution in [-0.4, -0.2) is 49.1 Å². The van der Waals surface area contributed by atoms with Gasteiger partial charge >= 0.3 is 0 Å². The van der Waals surface area contributed by atoms with Crippen LogP contribution in [0.1, 0.15) is 18.4 Å². The molecule has 5 rings (SSSR count). The topological polar surface area (TPSA) is 98.6 Å². The second kappa shape index (κ2) is 8.86. The van der Waals surface area contributed by atoms with Crippen LogP contribution in [0.5, 0.6) is 0 Å². The highest BCUT2D eigenvalue weighted by Crippen LogP contribution is 2.20. The molecule has 1 aliphatic heterocycles. The molecule has 0 bridgehead atoms.